The number of ether oxygens (including phenoxy) is 2. The highest BCUT2D eigenvalue weighted by Crippen LogP contribution is 2.28. The third-order valence-corrected chi connectivity index (χ3v) is 3.52. The molecule has 0 bridgehead atoms. The second kappa shape index (κ2) is 7.36. The number of nitrogens with two attached hydrogens (primary N) is 1. The SMILES string of the molecule is COc1cc(CCN)ccc1OCCN1CCCC1. The number of hydrogen-bond acceptors (Lipinski definition) is 4. The maximum Gasteiger partial charge on any atom is 0.161 e. The minimum Gasteiger partial charge on any atom is -0.493 e. The van der Waals surface area contributed by atoms with Gasteiger partial charge >= 0.3 is 0 Å². The molecule has 0 atom stereocenters. The zero-order valence-corrected chi connectivity index (χ0v) is 11.7. The van der Waals surface area contributed by atoms with E-state index in [0.29, 0.717) is 13.2 Å². The summed E-state index contributed by atoms with van der Waals surface area (Å²) in [5.41, 5.74) is 6.75. The average molecular weight is 264 g/mol. The predicted octanol–water partition coefficient (Wildman–Crippen LogP) is 1.67. The first-order valence-electron chi connectivity index (χ1n) is 7.05. The fourth-order valence-corrected chi connectivity index (χ4v) is 2.44. The van der Waals surface area contributed by atoms with E-state index >= 15 is 0 Å². The van der Waals surface area contributed by atoms with Crippen LogP contribution in [0.1, 0.15) is 18.4 Å². The Morgan fingerprint density at radius 1 is 1.21 bits per heavy atom. The van der Waals surface area contributed by atoms with Crippen molar-refractivity contribution in [1.29, 1.82) is 0 Å². The van der Waals surface area contributed by atoms with Gasteiger partial charge in [-0.15, -0.1) is 0 Å². The molecule has 1 aliphatic heterocycles. The van der Waals surface area contributed by atoms with Gasteiger partial charge in [0.15, 0.2) is 11.5 Å². The van der Waals surface area contributed by atoms with Gasteiger partial charge in [0.05, 0.1) is 7.11 Å². The largest absolute Gasteiger partial charge is 0.493 e. The summed E-state index contributed by atoms with van der Waals surface area (Å²) in [5, 5.41) is 0. The second-order valence-electron chi connectivity index (χ2n) is 4.92. The number of nitrogens with zero attached hydrogens (tertiary/aromatic N) is 1. The molecule has 0 saturated carbocycles. The van der Waals surface area contributed by atoms with E-state index in [1.807, 2.05) is 12.1 Å². The first-order chi connectivity index (χ1) is 9.33. The zero-order chi connectivity index (χ0) is 13.5. The van der Waals surface area contributed by atoms with Gasteiger partial charge in [-0.25, -0.2) is 0 Å². The van der Waals surface area contributed by atoms with E-state index in [0.717, 1.165) is 24.5 Å². The van der Waals surface area contributed by atoms with Gasteiger partial charge in [0, 0.05) is 6.54 Å². The monoisotopic (exact) mass is 264 g/mol. The van der Waals surface area contributed by atoms with Crippen molar-refractivity contribution in [2.45, 2.75) is 19.3 Å². The van der Waals surface area contributed by atoms with Gasteiger partial charge in [0.1, 0.15) is 6.61 Å². The van der Waals surface area contributed by atoms with Crippen molar-refractivity contribution < 1.29 is 9.47 Å². The summed E-state index contributed by atoms with van der Waals surface area (Å²) in [7, 11) is 1.68. The van der Waals surface area contributed by atoms with E-state index in [9.17, 15) is 0 Å². The Bertz CT molecular complexity index is 390. The van der Waals surface area contributed by atoms with E-state index in [1.165, 1.54) is 31.5 Å². The minimum absolute atomic E-state index is 0.651. The summed E-state index contributed by atoms with van der Waals surface area (Å²) >= 11 is 0. The first-order valence-corrected chi connectivity index (χ1v) is 7.05. The van der Waals surface area contributed by atoms with Crippen LogP contribution in [0.3, 0.4) is 0 Å². The molecule has 2 N–H and O–H groups in total. The zero-order valence-electron chi connectivity index (χ0n) is 11.7. The van der Waals surface area contributed by atoms with Crippen molar-refractivity contribution in [2.24, 2.45) is 5.73 Å². The number of hydrogen-bond donors (Lipinski definition) is 1. The van der Waals surface area contributed by atoms with Crippen molar-refractivity contribution in [1.82, 2.24) is 4.90 Å². The van der Waals surface area contributed by atoms with Crippen LogP contribution in [0.5, 0.6) is 11.5 Å². The van der Waals surface area contributed by atoms with Crippen molar-refractivity contribution >= 4 is 0 Å². The van der Waals surface area contributed by atoms with Gasteiger partial charge in [-0.1, -0.05) is 6.07 Å². The lowest BCUT2D eigenvalue weighted by atomic mass is 10.1. The molecule has 1 heterocycles. The van der Waals surface area contributed by atoms with Crippen LogP contribution in [0.4, 0.5) is 0 Å². The molecule has 4 heteroatoms. The molecule has 1 saturated heterocycles. The number of rotatable bonds is 7. The van der Waals surface area contributed by atoms with E-state index < -0.39 is 0 Å². The van der Waals surface area contributed by atoms with Crippen molar-refractivity contribution in [3.05, 3.63) is 23.8 Å². The van der Waals surface area contributed by atoms with E-state index in [-0.39, 0.29) is 0 Å². The molecule has 0 aliphatic carbocycles. The quantitative estimate of drug-likeness (QED) is 0.814. The fourth-order valence-electron chi connectivity index (χ4n) is 2.44. The molecule has 0 amide bonds. The van der Waals surface area contributed by atoms with Crippen LogP contribution in [0, 0.1) is 0 Å². The highest BCUT2D eigenvalue weighted by Gasteiger charge is 2.11. The smallest absolute Gasteiger partial charge is 0.161 e. The molecule has 106 valence electrons. The van der Waals surface area contributed by atoms with Crippen molar-refractivity contribution in [2.75, 3.05) is 39.9 Å². The first kappa shape index (κ1) is 14.2. The van der Waals surface area contributed by atoms with Gasteiger partial charge in [-0.3, -0.25) is 4.90 Å². The van der Waals surface area contributed by atoms with Crippen LogP contribution >= 0.6 is 0 Å². The summed E-state index contributed by atoms with van der Waals surface area (Å²) in [5.74, 6) is 1.62. The Morgan fingerprint density at radius 2 is 2.00 bits per heavy atom. The molecule has 19 heavy (non-hydrogen) atoms. The van der Waals surface area contributed by atoms with Gasteiger partial charge < -0.3 is 15.2 Å². The third-order valence-electron chi connectivity index (χ3n) is 3.52. The molecule has 0 radical (unpaired) electrons. The topological polar surface area (TPSA) is 47.7 Å². The van der Waals surface area contributed by atoms with E-state index in [1.54, 1.807) is 7.11 Å². The highest BCUT2D eigenvalue weighted by atomic mass is 16.5. The highest BCUT2D eigenvalue weighted by molar-refractivity contribution is 5.43. The molecule has 4 nitrogen and oxygen atoms in total. The molecule has 2 rings (SSSR count). The minimum atomic E-state index is 0.651. The number of likely N-dealkylation sites (tertiary alicyclic amines) is 1. The number of methoxy groups -OCH3 is 1. The fraction of sp³-hybridized carbons (Fsp3) is 0.600. The number of benzene rings is 1. The van der Waals surface area contributed by atoms with Crippen LogP contribution in [0.15, 0.2) is 18.2 Å². The van der Waals surface area contributed by atoms with Crippen LogP contribution in [-0.4, -0.2) is 44.8 Å². The molecule has 0 unspecified atom stereocenters. The molecule has 0 aromatic heterocycles. The van der Waals surface area contributed by atoms with Gasteiger partial charge in [0.25, 0.3) is 0 Å². The maximum absolute atomic E-state index is 5.83. The Balaban J connectivity index is 1.87. The molecule has 1 aromatic carbocycles. The normalized spacial score (nSPS) is 15.7. The summed E-state index contributed by atoms with van der Waals surface area (Å²) < 4.78 is 11.2. The van der Waals surface area contributed by atoms with Gasteiger partial charge in [-0.05, 0) is 56.6 Å². The van der Waals surface area contributed by atoms with Gasteiger partial charge in [-0.2, -0.15) is 0 Å². The van der Waals surface area contributed by atoms with Crippen LogP contribution < -0.4 is 15.2 Å². The van der Waals surface area contributed by atoms with Crippen molar-refractivity contribution in [3.63, 3.8) is 0 Å². The van der Waals surface area contributed by atoms with E-state index in [4.69, 9.17) is 15.2 Å². The molecule has 1 fully saturated rings. The molecular weight excluding hydrogens is 240 g/mol. The summed E-state index contributed by atoms with van der Waals surface area (Å²) in [6.07, 6.45) is 3.50. The standard InChI is InChI=1S/C15H24N2O2/c1-18-15-12-13(6-7-16)4-5-14(15)19-11-10-17-8-2-3-9-17/h4-5,12H,2-3,6-11,16H2,1H3. The Hall–Kier alpha value is -1.26. The Morgan fingerprint density at radius 3 is 2.68 bits per heavy atom. The summed E-state index contributed by atoms with van der Waals surface area (Å²) in [6.45, 7) is 4.77. The van der Waals surface area contributed by atoms with E-state index in [2.05, 4.69) is 11.0 Å². The lowest BCUT2D eigenvalue weighted by molar-refractivity contribution is 0.230. The molecular formula is C15H24N2O2. The average Bonchev–Trinajstić information content (AvgIpc) is 2.93. The van der Waals surface area contributed by atoms with Gasteiger partial charge in [0.2, 0.25) is 0 Å². The lowest BCUT2D eigenvalue weighted by Gasteiger charge is -2.16. The predicted molar refractivity (Wildman–Crippen MR) is 76.9 cm³/mol. The van der Waals surface area contributed by atoms with Crippen LogP contribution in [0.2, 0.25) is 0 Å². The second-order valence-corrected chi connectivity index (χ2v) is 4.92. The third kappa shape index (κ3) is 4.11. The maximum atomic E-state index is 5.83. The molecule has 0 spiro atoms. The Labute approximate surface area is 115 Å². The Kier molecular flexibility index (Phi) is 5.48. The summed E-state index contributed by atoms with van der Waals surface area (Å²) in [4.78, 5) is 2.44. The molecule has 1 aliphatic rings. The van der Waals surface area contributed by atoms with Crippen molar-refractivity contribution in [3.8, 4) is 11.5 Å². The molecule has 1 aromatic rings. The van der Waals surface area contributed by atoms with Crippen LogP contribution in [-0.2, 0) is 6.42 Å². The lowest BCUT2D eigenvalue weighted by Crippen LogP contribution is -2.25. The summed E-state index contributed by atoms with van der Waals surface area (Å²) in [6, 6.07) is 6.05. The van der Waals surface area contributed by atoms with Crippen LogP contribution in [0.25, 0.3) is 0 Å².